The van der Waals surface area contributed by atoms with Gasteiger partial charge in [0.2, 0.25) is 11.8 Å². The van der Waals surface area contributed by atoms with Crippen molar-refractivity contribution < 1.29 is 19.8 Å². The van der Waals surface area contributed by atoms with Crippen LogP contribution in [0.5, 0.6) is 11.8 Å². The second-order valence-electron chi connectivity index (χ2n) is 4.12. The number of rotatable bonds is 5. The minimum Gasteiger partial charge on any atom is -0.492 e. The Kier molecular flexibility index (Phi) is 4.20. The Morgan fingerprint density at radius 1 is 1.35 bits per heavy atom. The van der Waals surface area contributed by atoms with Gasteiger partial charge in [0, 0.05) is 12.1 Å². The molecule has 0 saturated carbocycles. The van der Waals surface area contributed by atoms with E-state index >= 15 is 0 Å². The first-order valence-corrected chi connectivity index (χ1v) is 5.40. The number of aromatic hydroxyl groups is 2. The average molecular weight is 239 g/mol. The third-order valence-electron chi connectivity index (χ3n) is 2.46. The Labute approximate surface area is 99.9 Å². The SMILES string of the molecule is C=C(CCC(=O)On1c(O)ccc1O)C(C)C. The molecule has 0 aliphatic rings. The van der Waals surface area contributed by atoms with Crippen molar-refractivity contribution in [2.45, 2.75) is 26.7 Å². The topological polar surface area (TPSA) is 71.7 Å². The molecule has 0 atom stereocenters. The summed E-state index contributed by atoms with van der Waals surface area (Å²) in [6, 6.07) is 2.46. The van der Waals surface area contributed by atoms with Crippen LogP contribution in [0.4, 0.5) is 0 Å². The zero-order valence-electron chi connectivity index (χ0n) is 10.0. The van der Waals surface area contributed by atoms with Crippen LogP contribution in [-0.2, 0) is 4.79 Å². The van der Waals surface area contributed by atoms with Crippen molar-refractivity contribution in [3.05, 3.63) is 24.3 Å². The van der Waals surface area contributed by atoms with Gasteiger partial charge < -0.3 is 15.1 Å². The van der Waals surface area contributed by atoms with E-state index in [1.807, 2.05) is 13.8 Å². The molecule has 5 heteroatoms. The fraction of sp³-hybridized carbons (Fsp3) is 0.417. The molecule has 0 amide bonds. The van der Waals surface area contributed by atoms with Crippen LogP contribution in [0.1, 0.15) is 26.7 Å². The highest BCUT2D eigenvalue weighted by atomic mass is 16.7. The zero-order chi connectivity index (χ0) is 13.0. The number of carbonyl (C=O) groups is 1. The summed E-state index contributed by atoms with van der Waals surface area (Å²) in [5, 5.41) is 18.5. The summed E-state index contributed by atoms with van der Waals surface area (Å²) < 4.78 is 0.681. The first-order chi connectivity index (χ1) is 7.91. The summed E-state index contributed by atoms with van der Waals surface area (Å²) >= 11 is 0. The van der Waals surface area contributed by atoms with E-state index in [9.17, 15) is 15.0 Å². The molecule has 1 heterocycles. The molecule has 1 rings (SSSR count). The lowest BCUT2D eigenvalue weighted by atomic mass is 10.0. The van der Waals surface area contributed by atoms with Crippen LogP contribution in [-0.4, -0.2) is 20.9 Å². The molecule has 17 heavy (non-hydrogen) atoms. The van der Waals surface area contributed by atoms with E-state index in [4.69, 9.17) is 4.84 Å². The average Bonchev–Trinajstić information content (AvgIpc) is 2.57. The second kappa shape index (κ2) is 5.43. The van der Waals surface area contributed by atoms with Crippen LogP contribution in [0, 0.1) is 5.92 Å². The van der Waals surface area contributed by atoms with Crippen molar-refractivity contribution in [1.29, 1.82) is 0 Å². The molecule has 0 radical (unpaired) electrons. The fourth-order valence-corrected chi connectivity index (χ4v) is 1.19. The molecular weight excluding hydrogens is 222 g/mol. The molecule has 2 N–H and O–H groups in total. The minimum atomic E-state index is -0.534. The number of aromatic nitrogens is 1. The molecule has 0 unspecified atom stereocenters. The monoisotopic (exact) mass is 239 g/mol. The summed E-state index contributed by atoms with van der Waals surface area (Å²) in [6.07, 6.45) is 0.688. The molecule has 0 aliphatic carbocycles. The highest BCUT2D eigenvalue weighted by Gasteiger charge is 2.12. The van der Waals surface area contributed by atoms with Gasteiger partial charge in [-0.2, -0.15) is 0 Å². The number of allylic oxidation sites excluding steroid dienone is 1. The Hall–Kier alpha value is -1.91. The summed E-state index contributed by atoms with van der Waals surface area (Å²) in [6.45, 7) is 7.84. The maximum atomic E-state index is 11.4. The van der Waals surface area contributed by atoms with Crippen molar-refractivity contribution >= 4 is 5.97 Å². The molecule has 0 saturated heterocycles. The first kappa shape index (κ1) is 13.2. The highest BCUT2D eigenvalue weighted by molar-refractivity contribution is 5.70. The first-order valence-electron chi connectivity index (χ1n) is 5.40. The summed E-state index contributed by atoms with van der Waals surface area (Å²) in [5.74, 6) is -0.859. The zero-order valence-corrected chi connectivity index (χ0v) is 10.0. The molecule has 1 aromatic rings. The van der Waals surface area contributed by atoms with Crippen molar-refractivity contribution in [3.8, 4) is 11.8 Å². The van der Waals surface area contributed by atoms with Gasteiger partial charge in [0.15, 0.2) is 0 Å². The van der Waals surface area contributed by atoms with Gasteiger partial charge in [-0.25, -0.2) is 4.79 Å². The van der Waals surface area contributed by atoms with E-state index in [0.717, 1.165) is 5.57 Å². The van der Waals surface area contributed by atoms with E-state index in [2.05, 4.69) is 6.58 Å². The predicted molar refractivity (Wildman–Crippen MR) is 62.6 cm³/mol. The fourth-order valence-electron chi connectivity index (χ4n) is 1.19. The van der Waals surface area contributed by atoms with E-state index in [-0.39, 0.29) is 18.2 Å². The van der Waals surface area contributed by atoms with Crippen LogP contribution in [0.2, 0.25) is 0 Å². The van der Waals surface area contributed by atoms with E-state index < -0.39 is 5.97 Å². The minimum absolute atomic E-state index is 0.161. The van der Waals surface area contributed by atoms with Crippen LogP contribution in [0.3, 0.4) is 0 Å². The van der Waals surface area contributed by atoms with E-state index in [1.165, 1.54) is 12.1 Å². The maximum Gasteiger partial charge on any atom is 0.333 e. The third-order valence-corrected chi connectivity index (χ3v) is 2.46. The smallest absolute Gasteiger partial charge is 0.333 e. The summed E-state index contributed by atoms with van der Waals surface area (Å²) in [4.78, 5) is 16.2. The van der Waals surface area contributed by atoms with Crippen LogP contribution in [0.25, 0.3) is 0 Å². The van der Waals surface area contributed by atoms with Crippen molar-refractivity contribution in [3.63, 3.8) is 0 Å². The van der Waals surface area contributed by atoms with E-state index in [0.29, 0.717) is 17.1 Å². The molecule has 0 aliphatic heterocycles. The number of nitrogens with zero attached hydrogens (tertiary/aromatic N) is 1. The predicted octanol–water partition coefficient (Wildman–Crippen LogP) is 1.85. The molecule has 1 aromatic heterocycles. The van der Waals surface area contributed by atoms with Gasteiger partial charge in [-0.3, -0.25) is 0 Å². The second-order valence-corrected chi connectivity index (χ2v) is 4.12. The number of carbonyl (C=O) groups excluding carboxylic acids is 1. The summed E-state index contributed by atoms with van der Waals surface area (Å²) in [5.41, 5.74) is 0.961. The largest absolute Gasteiger partial charge is 0.492 e. The lowest BCUT2D eigenvalue weighted by Crippen LogP contribution is -2.19. The van der Waals surface area contributed by atoms with Gasteiger partial charge in [0.05, 0.1) is 6.42 Å². The van der Waals surface area contributed by atoms with Gasteiger partial charge >= 0.3 is 5.97 Å². The Bertz CT molecular complexity index is 401. The van der Waals surface area contributed by atoms with Gasteiger partial charge in [0.1, 0.15) is 0 Å². The lowest BCUT2D eigenvalue weighted by molar-refractivity contribution is -0.145. The Morgan fingerprint density at radius 2 is 1.88 bits per heavy atom. The van der Waals surface area contributed by atoms with E-state index in [1.54, 1.807) is 0 Å². The maximum absolute atomic E-state index is 11.4. The standard InChI is InChI=1S/C12H17NO4/c1-8(2)9(3)4-7-12(16)17-13-10(14)5-6-11(13)15/h5-6,8,14-15H,3-4,7H2,1-2H3. The molecule has 0 bridgehead atoms. The van der Waals surface area contributed by atoms with Crippen LogP contribution >= 0.6 is 0 Å². The molecular formula is C12H17NO4. The third kappa shape index (κ3) is 3.55. The molecule has 5 nitrogen and oxygen atoms in total. The number of hydrogen-bond acceptors (Lipinski definition) is 4. The summed E-state index contributed by atoms with van der Waals surface area (Å²) in [7, 11) is 0. The molecule has 0 aromatic carbocycles. The normalized spacial score (nSPS) is 10.5. The highest BCUT2D eigenvalue weighted by Crippen LogP contribution is 2.19. The quantitative estimate of drug-likeness (QED) is 0.769. The Morgan fingerprint density at radius 3 is 2.35 bits per heavy atom. The molecule has 0 spiro atoms. The Balaban J connectivity index is 2.48. The van der Waals surface area contributed by atoms with Crippen molar-refractivity contribution in [2.75, 3.05) is 0 Å². The van der Waals surface area contributed by atoms with Crippen molar-refractivity contribution in [1.82, 2.24) is 4.73 Å². The molecule has 94 valence electrons. The van der Waals surface area contributed by atoms with Crippen LogP contribution in [0.15, 0.2) is 24.3 Å². The lowest BCUT2D eigenvalue weighted by Gasteiger charge is -2.09. The number of hydrogen-bond donors (Lipinski definition) is 2. The molecule has 0 fully saturated rings. The van der Waals surface area contributed by atoms with Gasteiger partial charge in [-0.05, 0) is 12.3 Å². The van der Waals surface area contributed by atoms with Crippen LogP contribution < -0.4 is 4.84 Å². The van der Waals surface area contributed by atoms with Gasteiger partial charge in [0.25, 0.3) is 0 Å². The van der Waals surface area contributed by atoms with Crippen molar-refractivity contribution in [2.24, 2.45) is 5.92 Å². The van der Waals surface area contributed by atoms with Gasteiger partial charge in [-0.15, -0.1) is 4.73 Å². The van der Waals surface area contributed by atoms with Gasteiger partial charge in [-0.1, -0.05) is 26.0 Å².